The Labute approximate surface area is 118 Å². The Morgan fingerprint density at radius 3 is 1.78 bits per heavy atom. The topological polar surface area (TPSA) is 112 Å². The Kier molecular flexibility index (Phi) is 7.27. The monoisotopic (exact) mass is 316 g/mol. The average Bonchev–Trinajstić information content (AvgIpc) is 2.31. The molecule has 4 N–H and O–H groups in total. The van der Waals surface area contributed by atoms with Gasteiger partial charge in [0, 0.05) is 37.6 Å². The standard InChI is InChI=1S/C6H8N2O2S.C4H4N2.Zn/c7-5-1-3-6(4-2-5)11(8,9)10;1-2-5-4-6-3-1;/h1-4H,7H2,(H2,8,9,10);1-4H;. The zero-order chi connectivity index (χ0) is 12.7. The fourth-order valence-corrected chi connectivity index (χ4v) is 1.43. The summed E-state index contributed by atoms with van der Waals surface area (Å²) >= 11 is 0. The van der Waals surface area contributed by atoms with Crippen LogP contribution in [-0.2, 0) is 29.5 Å². The second kappa shape index (κ2) is 7.86. The van der Waals surface area contributed by atoms with Crippen molar-refractivity contribution in [3.8, 4) is 0 Å². The second-order valence-corrected chi connectivity index (χ2v) is 4.58. The predicted octanol–water partition coefficient (Wildman–Crippen LogP) is 0.390. The fourth-order valence-electron chi connectivity index (χ4n) is 0.911. The molecular formula is C10H12N4O2SZn. The fraction of sp³-hybridized carbons (Fsp3) is 0. The van der Waals surface area contributed by atoms with Gasteiger partial charge in [-0.2, -0.15) is 0 Å². The molecule has 0 bridgehead atoms. The van der Waals surface area contributed by atoms with E-state index in [4.69, 9.17) is 10.9 Å². The minimum absolute atomic E-state index is 0. The molecule has 2 aromatic rings. The first-order valence-corrected chi connectivity index (χ1v) is 6.13. The van der Waals surface area contributed by atoms with Gasteiger partial charge in [0.15, 0.2) is 0 Å². The van der Waals surface area contributed by atoms with Crippen LogP contribution >= 0.6 is 0 Å². The van der Waals surface area contributed by atoms with Gasteiger partial charge in [0.25, 0.3) is 0 Å². The Hall–Kier alpha value is -1.37. The van der Waals surface area contributed by atoms with E-state index in [1.807, 2.05) is 0 Å². The molecule has 0 spiro atoms. The second-order valence-electron chi connectivity index (χ2n) is 3.02. The number of anilines is 1. The molecular weight excluding hydrogens is 306 g/mol. The average molecular weight is 318 g/mol. The summed E-state index contributed by atoms with van der Waals surface area (Å²) in [6.45, 7) is 0. The largest absolute Gasteiger partial charge is 0.399 e. The van der Waals surface area contributed by atoms with Crippen LogP contribution in [0, 0.1) is 0 Å². The van der Waals surface area contributed by atoms with E-state index in [1.165, 1.54) is 30.6 Å². The molecule has 0 amide bonds. The van der Waals surface area contributed by atoms with Gasteiger partial charge in [-0.3, -0.25) is 0 Å². The van der Waals surface area contributed by atoms with Crippen LogP contribution in [0.3, 0.4) is 0 Å². The normalized spacial score (nSPS) is 9.61. The number of primary sulfonamides is 1. The predicted molar refractivity (Wildman–Crippen MR) is 64.3 cm³/mol. The molecule has 1 heterocycles. The third kappa shape index (κ3) is 6.39. The van der Waals surface area contributed by atoms with Gasteiger partial charge in [-0.05, 0) is 30.3 Å². The summed E-state index contributed by atoms with van der Waals surface area (Å²) in [4.78, 5) is 7.42. The minimum Gasteiger partial charge on any atom is -0.399 e. The van der Waals surface area contributed by atoms with Crippen molar-refractivity contribution in [3.63, 3.8) is 0 Å². The molecule has 1 aromatic carbocycles. The summed E-state index contributed by atoms with van der Waals surface area (Å²) in [7, 11) is -3.58. The molecule has 0 unspecified atom stereocenters. The van der Waals surface area contributed by atoms with Crippen molar-refractivity contribution in [1.29, 1.82) is 0 Å². The number of nitrogens with two attached hydrogens (primary N) is 2. The van der Waals surface area contributed by atoms with Crippen molar-refractivity contribution >= 4 is 15.7 Å². The molecule has 0 atom stereocenters. The van der Waals surface area contributed by atoms with Gasteiger partial charge in [-0.25, -0.2) is 23.5 Å². The zero-order valence-corrected chi connectivity index (χ0v) is 13.4. The van der Waals surface area contributed by atoms with Gasteiger partial charge in [0.2, 0.25) is 10.0 Å². The number of nitrogens with zero attached hydrogens (tertiary/aromatic N) is 2. The Morgan fingerprint density at radius 2 is 1.50 bits per heavy atom. The number of hydrogen-bond acceptors (Lipinski definition) is 5. The summed E-state index contributed by atoms with van der Waals surface area (Å²) in [6, 6.07) is 7.48. The molecule has 6 nitrogen and oxygen atoms in total. The SMILES string of the molecule is Nc1ccc(S(N)(=O)=O)cc1.[Zn].c1cncnc1. The van der Waals surface area contributed by atoms with Crippen LogP contribution in [0.5, 0.6) is 0 Å². The van der Waals surface area contributed by atoms with E-state index in [0.29, 0.717) is 5.69 Å². The Morgan fingerprint density at radius 1 is 1.00 bits per heavy atom. The molecule has 0 fully saturated rings. The molecule has 8 heteroatoms. The Balaban J connectivity index is 0.000000352. The van der Waals surface area contributed by atoms with E-state index in [1.54, 1.807) is 18.5 Å². The number of aromatic nitrogens is 2. The van der Waals surface area contributed by atoms with E-state index in [0.717, 1.165) is 0 Å². The number of nitrogen functional groups attached to an aromatic ring is 1. The van der Waals surface area contributed by atoms with E-state index in [2.05, 4.69) is 9.97 Å². The van der Waals surface area contributed by atoms with Crippen molar-refractivity contribution in [3.05, 3.63) is 49.1 Å². The number of benzene rings is 1. The van der Waals surface area contributed by atoms with Gasteiger partial charge in [0.05, 0.1) is 4.90 Å². The number of hydrogen-bond donors (Lipinski definition) is 2. The minimum atomic E-state index is -3.58. The number of sulfonamides is 1. The van der Waals surface area contributed by atoms with Crippen molar-refractivity contribution in [2.45, 2.75) is 4.90 Å². The van der Waals surface area contributed by atoms with E-state index >= 15 is 0 Å². The summed E-state index contributed by atoms with van der Waals surface area (Å²) in [6.07, 6.45) is 4.88. The molecule has 18 heavy (non-hydrogen) atoms. The molecule has 92 valence electrons. The van der Waals surface area contributed by atoms with Crippen molar-refractivity contribution in [1.82, 2.24) is 9.97 Å². The molecule has 0 saturated heterocycles. The van der Waals surface area contributed by atoms with Crippen LogP contribution in [0.4, 0.5) is 5.69 Å². The van der Waals surface area contributed by atoms with Gasteiger partial charge >= 0.3 is 0 Å². The maximum atomic E-state index is 10.7. The molecule has 0 radical (unpaired) electrons. The smallest absolute Gasteiger partial charge is 0.238 e. The van der Waals surface area contributed by atoms with Crippen LogP contribution in [0.1, 0.15) is 0 Å². The van der Waals surface area contributed by atoms with Crippen LogP contribution < -0.4 is 10.9 Å². The maximum Gasteiger partial charge on any atom is 0.238 e. The maximum absolute atomic E-state index is 10.7. The van der Waals surface area contributed by atoms with Gasteiger partial charge in [-0.1, -0.05) is 0 Å². The molecule has 0 aliphatic rings. The zero-order valence-electron chi connectivity index (χ0n) is 9.60. The third-order valence-corrected chi connectivity index (χ3v) is 2.62. The quantitative estimate of drug-likeness (QED) is 0.583. The Bertz CT molecular complexity index is 519. The van der Waals surface area contributed by atoms with Crippen molar-refractivity contribution in [2.75, 3.05) is 5.73 Å². The first-order valence-electron chi connectivity index (χ1n) is 4.58. The van der Waals surface area contributed by atoms with Crippen LogP contribution in [0.15, 0.2) is 53.9 Å². The summed E-state index contributed by atoms with van der Waals surface area (Å²) in [5.41, 5.74) is 5.85. The molecule has 0 saturated carbocycles. The van der Waals surface area contributed by atoms with Crippen molar-refractivity contribution in [2.24, 2.45) is 5.14 Å². The first-order chi connectivity index (χ1) is 8.00. The molecule has 2 rings (SSSR count). The summed E-state index contributed by atoms with van der Waals surface area (Å²) in [5.74, 6) is 0. The molecule has 0 aliphatic heterocycles. The molecule has 1 aromatic heterocycles. The van der Waals surface area contributed by atoms with Crippen LogP contribution in [0.25, 0.3) is 0 Å². The van der Waals surface area contributed by atoms with Crippen LogP contribution in [-0.4, -0.2) is 18.4 Å². The third-order valence-electron chi connectivity index (χ3n) is 1.69. The van der Waals surface area contributed by atoms with E-state index in [-0.39, 0.29) is 24.4 Å². The van der Waals surface area contributed by atoms with Crippen LogP contribution in [0.2, 0.25) is 0 Å². The van der Waals surface area contributed by atoms with E-state index < -0.39 is 10.0 Å². The van der Waals surface area contributed by atoms with E-state index in [9.17, 15) is 8.42 Å². The first kappa shape index (κ1) is 16.6. The number of rotatable bonds is 1. The molecule has 0 aliphatic carbocycles. The van der Waals surface area contributed by atoms with Gasteiger partial charge in [-0.15, -0.1) is 0 Å². The summed E-state index contributed by atoms with van der Waals surface area (Å²) in [5, 5.41) is 4.84. The van der Waals surface area contributed by atoms with Gasteiger partial charge in [0.1, 0.15) is 6.33 Å². The summed E-state index contributed by atoms with van der Waals surface area (Å²) < 4.78 is 21.4. The van der Waals surface area contributed by atoms with Crippen molar-refractivity contribution < 1.29 is 27.9 Å². The van der Waals surface area contributed by atoms with Gasteiger partial charge < -0.3 is 5.73 Å².